The molecule has 8 nitrogen and oxygen atoms in total. The van der Waals surface area contributed by atoms with Crippen LogP contribution in [0, 0.1) is 0 Å². The number of carboxylic acid groups (broad SMARTS) is 1. The number of aliphatic carboxylic acids is 1. The van der Waals surface area contributed by atoms with Gasteiger partial charge in [-0.05, 0) is 38.2 Å². The van der Waals surface area contributed by atoms with Gasteiger partial charge < -0.3 is 15.3 Å². The molecule has 1 fully saturated rings. The zero-order valence-corrected chi connectivity index (χ0v) is 13.1. The van der Waals surface area contributed by atoms with Crippen LogP contribution >= 0.6 is 0 Å². The molecular weight excluding hydrogens is 302 g/mol. The molecule has 2 rings (SSSR count). The van der Waals surface area contributed by atoms with E-state index in [1.807, 2.05) is 6.08 Å². The van der Waals surface area contributed by atoms with E-state index in [2.05, 4.69) is 5.32 Å². The topological polar surface area (TPSA) is 107 Å². The molecule has 0 aromatic heterocycles. The van der Waals surface area contributed by atoms with Crippen LogP contribution in [0.4, 0.5) is 4.79 Å². The zero-order valence-electron chi connectivity index (χ0n) is 13.1. The van der Waals surface area contributed by atoms with E-state index in [9.17, 15) is 24.3 Å². The second-order valence-corrected chi connectivity index (χ2v) is 5.59. The predicted molar refractivity (Wildman–Crippen MR) is 80.5 cm³/mol. The van der Waals surface area contributed by atoms with Crippen molar-refractivity contribution < 1.29 is 24.3 Å². The van der Waals surface area contributed by atoms with Crippen molar-refractivity contribution in [2.24, 2.45) is 0 Å². The smallest absolute Gasteiger partial charge is 0.330 e. The van der Waals surface area contributed by atoms with Gasteiger partial charge in [0, 0.05) is 19.6 Å². The van der Waals surface area contributed by atoms with Crippen molar-refractivity contribution in [2.45, 2.75) is 38.6 Å². The third-order valence-corrected chi connectivity index (χ3v) is 4.15. The van der Waals surface area contributed by atoms with Crippen molar-refractivity contribution in [3.8, 4) is 0 Å². The van der Waals surface area contributed by atoms with Crippen molar-refractivity contribution in [1.29, 1.82) is 0 Å². The number of rotatable bonds is 4. The maximum atomic E-state index is 12.2. The first kappa shape index (κ1) is 17.0. The van der Waals surface area contributed by atoms with Crippen molar-refractivity contribution in [1.82, 2.24) is 15.1 Å². The fraction of sp³-hybridized carbons (Fsp3) is 0.600. The number of urea groups is 1. The largest absolute Gasteiger partial charge is 0.479 e. The van der Waals surface area contributed by atoms with Gasteiger partial charge in [0.15, 0.2) is 0 Å². The van der Waals surface area contributed by atoms with Gasteiger partial charge in [0.25, 0.3) is 0 Å². The quantitative estimate of drug-likeness (QED) is 0.573. The second kappa shape index (κ2) is 7.26. The summed E-state index contributed by atoms with van der Waals surface area (Å²) >= 11 is 0. The summed E-state index contributed by atoms with van der Waals surface area (Å²) in [6.07, 6.45) is 5.08. The number of nitrogens with one attached hydrogen (secondary N) is 1. The molecule has 8 heteroatoms. The summed E-state index contributed by atoms with van der Waals surface area (Å²) in [5.74, 6) is -2.83. The highest BCUT2D eigenvalue weighted by Gasteiger charge is 2.37. The first-order valence-electron chi connectivity index (χ1n) is 7.78. The summed E-state index contributed by atoms with van der Waals surface area (Å²) in [6.45, 7) is 2.46. The number of amides is 4. The number of nitrogens with zero attached hydrogens (tertiary/aromatic N) is 2. The van der Waals surface area contributed by atoms with E-state index in [1.54, 1.807) is 6.92 Å². The van der Waals surface area contributed by atoms with Gasteiger partial charge in [0.2, 0.25) is 0 Å². The fourth-order valence-electron chi connectivity index (χ4n) is 2.81. The first-order chi connectivity index (χ1) is 11.0. The van der Waals surface area contributed by atoms with E-state index in [4.69, 9.17) is 0 Å². The molecular formula is C15H21N3O5. The van der Waals surface area contributed by atoms with Crippen LogP contribution in [0.25, 0.3) is 0 Å². The number of hydrogen-bond donors (Lipinski definition) is 2. The molecule has 1 atom stereocenters. The molecule has 126 valence electrons. The Hall–Kier alpha value is -2.38. The number of carbonyl (C=O) groups is 4. The Balaban J connectivity index is 2.07. The van der Waals surface area contributed by atoms with Gasteiger partial charge >= 0.3 is 23.8 Å². The SMILES string of the molecule is CCN1CCN(C(=O)NC(C(=O)O)C2=CCCCC2)C(=O)C1=O. The van der Waals surface area contributed by atoms with Crippen molar-refractivity contribution >= 4 is 23.8 Å². The zero-order chi connectivity index (χ0) is 17.0. The molecule has 0 spiro atoms. The number of hydrogen-bond acceptors (Lipinski definition) is 4. The monoisotopic (exact) mass is 323 g/mol. The summed E-state index contributed by atoms with van der Waals surface area (Å²) in [5.41, 5.74) is 0.642. The van der Waals surface area contributed by atoms with Gasteiger partial charge in [-0.25, -0.2) is 9.59 Å². The molecule has 1 aliphatic carbocycles. The molecule has 0 bridgehead atoms. The normalized spacial score (nSPS) is 20.1. The van der Waals surface area contributed by atoms with Crippen LogP contribution in [0.2, 0.25) is 0 Å². The van der Waals surface area contributed by atoms with Crippen LogP contribution in [0.3, 0.4) is 0 Å². The molecule has 1 heterocycles. The Morgan fingerprint density at radius 1 is 1.26 bits per heavy atom. The molecule has 0 saturated carbocycles. The molecule has 1 aliphatic heterocycles. The molecule has 1 unspecified atom stereocenters. The summed E-state index contributed by atoms with van der Waals surface area (Å²) in [6, 6.07) is -1.99. The number of piperazine rings is 1. The lowest BCUT2D eigenvalue weighted by Gasteiger charge is -2.32. The molecule has 0 aromatic rings. The van der Waals surface area contributed by atoms with E-state index in [0.29, 0.717) is 18.5 Å². The van der Waals surface area contributed by atoms with E-state index < -0.39 is 29.9 Å². The number of imide groups is 1. The molecule has 2 aliphatic rings. The van der Waals surface area contributed by atoms with Crippen LogP contribution in [0.1, 0.15) is 32.6 Å². The lowest BCUT2D eigenvalue weighted by atomic mass is 9.94. The Bertz CT molecular complexity index is 557. The highest BCUT2D eigenvalue weighted by atomic mass is 16.4. The van der Waals surface area contributed by atoms with Gasteiger partial charge in [-0.3, -0.25) is 14.5 Å². The molecule has 4 amide bonds. The van der Waals surface area contributed by atoms with Gasteiger partial charge in [0.05, 0.1) is 0 Å². The number of carboxylic acids is 1. The highest BCUT2D eigenvalue weighted by Crippen LogP contribution is 2.21. The number of allylic oxidation sites excluding steroid dienone is 1. The molecule has 0 aromatic carbocycles. The van der Waals surface area contributed by atoms with Crippen LogP contribution in [-0.2, 0) is 14.4 Å². The van der Waals surface area contributed by atoms with Gasteiger partial charge in [-0.1, -0.05) is 6.08 Å². The average molecular weight is 323 g/mol. The Morgan fingerprint density at radius 3 is 2.57 bits per heavy atom. The van der Waals surface area contributed by atoms with Crippen molar-refractivity contribution in [3.05, 3.63) is 11.6 Å². The first-order valence-corrected chi connectivity index (χ1v) is 7.78. The summed E-state index contributed by atoms with van der Waals surface area (Å²) in [7, 11) is 0. The van der Waals surface area contributed by atoms with Crippen molar-refractivity contribution in [2.75, 3.05) is 19.6 Å². The summed E-state index contributed by atoms with van der Waals surface area (Å²) in [4.78, 5) is 49.6. The Morgan fingerprint density at radius 2 is 2.00 bits per heavy atom. The van der Waals surface area contributed by atoms with Crippen LogP contribution in [0.5, 0.6) is 0 Å². The lowest BCUT2D eigenvalue weighted by molar-refractivity contribution is -0.153. The van der Waals surface area contributed by atoms with E-state index in [-0.39, 0.29) is 13.1 Å². The Labute approximate surface area is 134 Å². The fourth-order valence-corrected chi connectivity index (χ4v) is 2.81. The van der Waals surface area contributed by atoms with Crippen LogP contribution < -0.4 is 5.32 Å². The predicted octanol–water partition coefficient (Wildman–Crippen LogP) is 0.340. The van der Waals surface area contributed by atoms with Gasteiger partial charge in [-0.2, -0.15) is 0 Å². The Kier molecular flexibility index (Phi) is 5.36. The lowest BCUT2D eigenvalue weighted by Crippen LogP contribution is -2.60. The highest BCUT2D eigenvalue weighted by molar-refractivity contribution is 6.38. The summed E-state index contributed by atoms with van der Waals surface area (Å²) < 4.78 is 0. The molecule has 23 heavy (non-hydrogen) atoms. The van der Waals surface area contributed by atoms with Crippen LogP contribution in [0.15, 0.2) is 11.6 Å². The molecule has 0 radical (unpaired) electrons. The third-order valence-electron chi connectivity index (χ3n) is 4.15. The maximum absolute atomic E-state index is 12.2. The van der Waals surface area contributed by atoms with Crippen LogP contribution in [-0.4, -0.2) is 64.4 Å². The van der Waals surface area contributed by atoms with E-state index >= 15 is 0 Å². The summed E-state index contributed by atoms with van der Waals surface area (Å²) in [5, 5.41) is 11.7. The minimum absolute atomic E-state index is 0.0651. The second-order valence-electron chi connectivity index (χ2n) is 5.59. The average Bonchev–Trinajstić information content (AvgIpc) is 2.55. The minimum atomic E-state index is -1.17. The standard InChI is InChI=1S/C15H21N3O5/c1-2-17-8-9-18(13(20)12(17)19)15(23)16-11(14(21)22)10-6-4-3-5-7-10/h6,11H,2-5,7-9H2,1H3,(H,16,23)(H,21,22). The van der Waals surface area contributed by atoms with E-state index in [1.165, 1.54) is 4.90 Å². The maximum Gasteiger partial charge on any atom is 0.330 e. The molecule has 2 N–H and O–H groups in total. The third kappa shape index (κ3) is 3.69. The van der Waals surface area contributed by atoms with Crippen molar-refractivity contribution in [3.63, 3.8) is 0 Å². The molecule has 1 saturated heterocycles. The van der Waals surface area contributed by atoms with Gasteiger partial charge in [-0.15, -0.1) is 0 Å². The van der Waals surface area contributed by atoms with Gasteiger partial charge in [0.1, 0.15) is 6.04 Å². The number of likely N-dealkylation sites (N-methyl/N-ethyl adjacent to an activating group) is 1. The minimum Gasteiger partial charge on any atom is -0.479 e. The number of carbonyl (C=O) groups excluding carboxylic acids is 3. The van der Waals surface area contributed by atoms with E-state index in [0.717, 1.165) is 24.2 Å².